The molecule has 2 heterocycles. The number of hydrogen-bond donors (Lipinski definition) is 2. The molecule has 0 saturated heterocycles. The van der Waals surface area contributed by atoms with Crippen molar-refractivity contribution in [2.45, 2.75) is 30.1 Å². The Labute approximate surface area is 327 Å². The van der Waals surface area contributed by atoms with Crippen molar-refractivity contribution >= 4 is 11.4 Å². The first-order chi connectivity index (χ1) is 27.8. The number of amidine groups is 1. The number of aliphatic imine (C=N–C) groups is 1. The minimum absolute atomic E-state index is 0.148. The van der Waals surface area contributed by atoms with E-state index in [9.17, 15) is 0 Å². The normalized spacial score (nSPS) is 19.9. The number of hydrogen-bond acceptors (Lipinski definition) is 4. The molecule has 0 fully saturated rings. The van der Waals surface area contributed by atoms with Crippen LogP contribution in [-0.2, 0) is 5.41 Å². The Hall–Kier alpha value is -6.75. The van der Waals surface area contributed by atoms with Gasteiger partial charge >= 0.3 is 0 Å². The molecule has 268 valence electrons. The van der Waals surface area contributed by atoms with Gasteiger partial charge in [-0.05, 0) is 68.6 Å². The van der Waals surface area contributed by atoms with Crippen LogP contribution >= 0.6 is 0 Å². The smallest absolute Gasteiger partial charge is 0.132 e. The number of allylic oxidation sites excluding steroid dienone is 4. The molecular weight excluding hydrogens is 683 g/mol. The molecule has 4 heteroatoms. The van der Waals surface area contributed by atoms with E-state index in [2.05, 4.69) is 205 Å². The summed E-state index contributed by atoms with van der Waals surface area (Å²) in [5.74, 6) is 2.96. The predicted molar refractivity (Wildman–Crippen MR) is 226 cm³/mol. The number of nitrogens with zero attached hydrogens (tertiary/aromatic N) is 1. The minimum atomic E-state index is -0.422. The molecule has 11 rings (SSSR count). The number of benzene rings is 7. The Bertz CT molecular complexity index is 2670. The first-order valence-electron chi connectivity index (χ1n) is 19.5. The summed E-state index contributed by atoms with van der Waals surface area (Å²) in [4.78, 5) is 5.27. The van der Waals surface area contributed by atoms with E-state index in [-0.39, 0.29) is 18.2 Å². The second kappa shape index (κ2) is 13.2. The van der Waals surface area contributed by atoms with Crippen molar-refractivity contribution in [2.24, 2.45) is 4.99 Å². The Morgan fingerprint density at radius 1 is 0.518 bits per heavy atom. The van der Waals surface area contributed by atoms with E-state index >= 15 is 0 Å². The summed E-state index contributed by atoms with van der Waals surface area (Å²) in [6.45, 7) is 0. The van der Waals surface area contributed by atoms with E-state index in [0.29, 0.717) is 0 Å². The maximum Gasteiger partial charge on any atom is 0.132 e. The fourth-order valence-electron chi connectivity index (χ4n) is 9.53. The van der Waals surface area contributed by atoms with E-state index in [0.717, 1.165) is 46.0 Å². The highest BCUT2D eigenvalue weighted by atomic mass is 16.5. The summed E-state index contributed by atoms with van der Waals surface area (Å²) >= 11 is 0. The lowest BCUT2D eigenvalue weighted by molar-refractivity contribution is 0.409. The lowest BCUT2D eigenvalue weighted by atomic mass is 9.63. The number of para-hydroxylation sites is 2. The summed E-state index contributed by atoms with van der Waals surface area (Å²) in [6.07, 6.45) is 5.34. The highest BCUT2D eigenvalue weighted by molar-refractivity contribution is 6.05. The van der Waals surface area contributed by atoms with Crippen molar-refractivity contribution in [1.29, 1.82) is 0 Å². The third-order valence-corrected chi connectivity index (χ3v) is 12.1. The van der Waals surface area contributed by atoms with Crippen molar-refractivity contribution in [2.75, 3.05) is 0 Å². The molecule has 3 unspecified atom stereocenters. The molecule has 56 heavy (non-hydrogen) atoms. The number of rotatable bonds is 5. The van der Waals surface area contributed by atoms with Crippen LogP contribution in [-0.4, -0.2) is 5.84 Å². The van der Waals surface area contributed by atoms with Crippen LogP contribution in [0.25, 0.3) is 16.7 Å². The van der Waals surface area contributed by atoms with Crippen molar-refractivity contribution < 1.29 is 4.74 Å². The largest absolute Gasteiger partial charge is 0.457 e. The Balaban J connectivity index is 0.946. The predicted octanol–water partition coefficient (Wildman–Crippen LogP) is 11.6. The minimum Gasteiger partial charge on any atom is -0.457 e. The lowest BCUT2D eigenvalue weighted by Crippen LogP contribution is -2.45. The monoisotopic (exact) mass is 721 g/mol. The standard InChI is InChI=1S/C52H39N3O/c1-3-15-35(16-4-1)39-19-7-8-21-42(39)51-54-49(36-17-5-2-6-18-36)53-50(55-51)37-29-27-34(28-30-37)38-31-32-41-40-20-9-10-22-43(40)52(46(41)33-38)44-23-11-13-25-47(44)56-48-26-14-12-24-45(48)52/h1-32,38,49-50,53H,33H2,(H,54,55). The van der Waals surface area contributed by atoms with Gasteiger partial charge in [0.1, 0.15) is 29.7 Å². The van der Waals surface area contributed by atoms with Gasteiger partial charge in [0, 0.05) is 22.6 Å². The first-order valence-corrected chi connectivity index (χ1v) is 19.5. The van der Waals surface area contributed by atoms with Crippen molar-refractivity contribution in [3.05, 3.63) is 244 Å². The summed E-state index contributed by atoms with van der Waals surface area (Å²) in [5, 5.41) is 7.61. The van der Waals surface area contributed by atoms with Crippen LogP contribution < -0.4 is 15.4 Å². The van der Waals surface area contributed by atoms with Crippen LogP contribution in [0.1, 0.15) is 69.2 Å². The molecule has 0 bridgehead atoms. The summed E-state index contributed by atoms with van der Waals surface area (Å²) in [6, 6.07) is 65.0. The van der Waals surface area contributed by atoms with Gasteiger partial charge in [-0.25, -0.2) is 4.99 Å². The Morgan fingerprint density at radius 2 is 1.09 bits per heavy atom. The van der Waals surface area contributed by atoms with Gasteiger partial charge in [-0.2, -0.15) is 0 Å². The molecule has 4 nitrogen and oxygen atoms in total. The zero-order chi connectivity index (χ0) is 37.1. The van der Waals surface area contributed by atoms with Gasteiger partial charge in [-0.15, -0.1) is 0 Å². The van der Waals surface area contributed by atoms with Crippen LogP contribution in [0.2, 0.25) is 0 Å². The number of ether oxygens (including phenoxy) is 1. The van der Waals surface area contributed by atoms with E-state index < -0.39 is 5.41 Å². The quantitative estimate of drug-likeness (QED) is 0.186. The van der Waals surface area contributed by atoms with Crippen LogP contribution in [0, 0.1) is 0 Å². The molecule has 7 aromatic carbocycles. The van der Waals surface area contributed by atoms with Crippen molar-refractivity contribution in [3.63, 3.8) is 0 Å². The van der Waals surface area contributed by atoms with Crippen LogP contribution in [0.3, 0.4) is 0 Å². The van der Waals surface area contributed by atoms with Crippen molar-refractivity contribution in [3.8, 4) is 22.6 Å². The lowest BCUT2D eigenvalue weighted by Gasteiger charge is -2.42. The van der Waals surface area contributed by atoms with Gasteiger partial charge in [-0.3, -0.25) is 5.32 Å². The third-order valence-electron chi connectivity index (χ3n) is 12.1. The van der Waals surface area contributed by atoms with E-state index in [1.807, 2.05) is 0 Å². The van der Waals surface area contributed by atoms with Gasteiger partial charge in [0.2, 0.25) is 0 Å². The van der Waals surface area contributed by atoms with Crippen LogP contribution in [0.5, 0.6) is 11.5 Å². The van der Waals surface area contributed by atoms with E-state index in [1.165, 1.54) is 44.5 Å². The molecule has 0 amide bonds. The SMILES string of the molecule is C1=CC(c2ccc(C3NC(c4ccccc4-c4ccccc4)=NC(c4ccccc4)N3)cc2)CC2=C1c1ccccc1C21c2ccccc2Oc2ccccc21. The molecule has 0 aromatic heterocycles. The van der Waals surface area contributed by atoms with Gasteiger partial charge in [-0.1, -0.05) is 182 Å². The molecular formula is C52H39N3O. The molecule has 1 spiro atoms. The third kappa shape index (κ3) is 5.14. The van der Waals surface area contributed by atoms with Gasteiger partial charge in [0.05, 0.1) is 5.41 Å². The topological polar surface area (TPSA) is 45.7 Å². The molecule has 0 radical (unpaired) electrons. The molecule has 2 aliphatic carbocycles. The van der Waals surface area contributed by atoms with E-state index in [4.69, 9.17) is 9.73 Å². The van der Waals surface area contributed by atoms with Gasteiger partial charge < -0.3 is 10.1 Å². The zero-order valence-electron chi connectivity index (χ0n) is 30.8. The Morgan fingerprint density at radius 3 is 1.80 bits per heavy atom. The summed E-state index contributed by atoms with van der Waals surface area (Å²) < 4.78 is 6.58. The molecule has 3 atom stereocenters. The van der Waals surface area contributed by atoms with E-state index in [1.54, 1.807) is 0 Å². The fraction of sp³-hybridized carbons (Fsp3) is 0.0962. The van der Waals surface area contributed by atoms with Gasteiger partial charge in [0.15, 0.2) is 0 Å². The number of nitrogens with one attached hydrogen (secondary N) is 2. The number of fused-ring (bicyclic) bond motifs is 8. The zero-order valence-corrected chi connectivity index (χ0v) is 30.8. The highest BCUT2D eigenvalue weighted by Crippen LogP contribution is 2.63. The molecule has 0 saturated carbocycles. The first kappa shape index (κ1) is 32.7. The molecule has 4 aliphatic rings. The maximum atomic E-state index is 6.58. The average Bonchev–Trinajstić information content (AvgIpc) is 3.57. The summed E-state index contributed by atoms with van der Waals surface area (Å²) in [5.41, 5.74) is 14.4. The second-order valence-corrected chi connectivity index (χ2v) is 15.1. The molecule has 7 aromatic rings. The molecule has 2 N–H and O–H groups in total. The fourth-order valence-corrected chi connectivity index (χ4v) is 9.53. The Kier molecular flexibility index (Phi) is 7.71. The second-order valence-electron chi connectivity index (χ2n) is 15.1. The van der Waals surface area contributed by atoms with Crippen LogP contribution in [0.15, 0.2) is 205 Å². The molecule has 2 aliphatic heterocycles. The average molecular weight is 722 g/mol. The highest BCUT2D eigenvalue weighted by Gasteiger charge is 2.52. The summed E-state index contributed by atoms with van der Waals surface area (Å²) in [7, 11) is 0. The van der Waals surface area contributed by atoms with Crippen molar-refractivity contribution in [1.82, 2.24) is 10.6 Å². The van der Waals surface area contributed by atoms with Gasteiger partial charge in [0.25, 0.3) is 0 Å². The van der Waals surface area contributed by atoms with Crippen LogP contribution in [0.4, 0.5) is 0 Å². The maximum absolute atomic E-state index is 6.58.